The van der Waals surface area contributed by atoms with E-state index in [2.05, 4.69) is 92.6 Å². The number of hydrogen-bond donors (Lipinski definition) is 1. The van der Waals surface area contributed by atoms with Crippen molar-refractivity contribution in [1.29, 1.82) is 0 Å². The van der Waals surface area contributed by atoms with Crippen LogP contribution >= 0.6 is 15.9 Å². The summed E-state index contributed by atoms with van der Waals surface area (Å²) in [6.07, 6.45) is 1.78. The van der Waals surface area contributed by atoms with E-state index in [9.17, 15) is 0 Å². The Bertz CT molecular complexity index is 1410. The van der Waals surface area contributed by atoms with Gasteiger partial charge >= 0.3 is 0 Å². The van der Waals surface area contributed by atoms with Crippen molar-refractivity contribution in [2.75, 3.05) is 0 Å². The normalized spacial score (nSPS) is 12.0. The van der Waals surface area contributed by atoms with E-state index in [1.165, 1.54) is 43.4 Å². The van der Waals surface area contributed by atoms with Crippen LogP contribution in [0, 0.1) is 0 Å². The Labute approximate surface area is 157 Å². The number of halogens is 1. The van der Waals surface area contributed by atoms with Crippen LogP contribution in [-0.4, -0.2) is 9.97 Å². The van der Waals surface area contributed by atoms with Crippen molar-refractivity contribution >= 4 is 59.3 Å². The molecule has 0 spiro atoms. The fourth-order valence-corrected chi connectivity index (χ4v) is 4.37. The summed E-state index contributed by atoms with van der Waals surface area (Å²) < 4.78 is 1.10. The van der Waals surface area contributed by atoms with Crippen molar-refractivity contribution in [3.63, 3.8) is 0 Å². The molecule has 0 aliphatic rings. The summed E-state index contributed by atoms with van der Waals surface area (Å²) in [7, 11) is 0. The van der Waals surface area contributed by atoms with Gasteiger partial charge in [0.05, 0.1) is 17.4 Å². The van der Waals surface area contributed by atoms with Gasteiger partial charge in [-0.25, -0.2) is 4.98 Å². The zero-order valence-electron chi connectivity index (χ0n) is 13.8. The predicted octanol–water partition coefficient (Wildman–Crippen LogP) is 6.89. The summed E-state index contributed by atoms with van der Waals surface area (Å²) in [6.45, 7) is 0. The highest BCUT2D eigenvalue weighted by Gasteiger charge is 2.13. The lowest BCUT2D eigenvalue weighted by Crippen LogP contribution is -1.87. The van der Waals surface area contributed by atoms with Gasteiger partial charge in [0, 0.05) is 9.86 Å². The molecule has 0 aliphatic carbocycles. The average Bonchev–Trinajstić information content (AvgIpc) is 3.14. The molecule has 5 aromatic carbocycles. The number of aromatic amines is 1. The molecule has 0 radical (unpaired) electrons. The second-order valence-electron chi connectivity index (χ2n) is 6.76. The van der Waals surface area contributed by atoms with Crippen LogP contribution in [0.3, 0.4) is 0 Å². The first-order valence-corrected chi connectivity index (χ1v) is 9.38. The van der Waals surface area contributed by atoms with Gasteiger partial charge in [-0.15, -0.1) is 0 Å². The minimum atomic E-state index is 1.05. The standard InChI is InChI=1S/C23H13BrN2/c24-18-6-3-13(4-7-18)17-9-14-1-2-16-11-20-23(26-12-25-20)19-8-5-15(10-17)21(14)22(16)19/h1-12H,(H,25,26). The van der Waals surface area contributed by atoms with Crippen molar-refractivity contribution in [2.24, 2.45) is 0 Å². The number of H-pyrrole nitrogens is 1. The van der Waals surface area contributed by atoms with Crippen molar-refractivity contribution in [3.05, 3.63) is 77.5 Å². The van der Waals surface area contributed by atoms with E-state index in [4.69, 9.17) is 0 Å². The van der Waals surface area contributed by atoms with E-state index in [0.717, 1.165) is 15.5 Å². The van der Waals surface area contributed by atoms with E-state index < -0.39 is 0 Å². The minimum Gasteiger partial charge on any atom is -0.345 e. The molecule has 0 amide bonds. The van der Waals surface area contributed by atoms with Crippen molar-refractivity contribution in [3.8, 4) is 11.1 Å². The topological polar surface area (TPSA) is 28.7 Å². The second-order valence-corrected chi connectivity index (χ2v) is 7.67. The molecule has 26 heavy (non-hydrogen) atoms. The monoisotopic (exact) mass is 396 g/mol. The summed E-state index contributed by atoms with van der Waals surface area (Å²) in [5.41, 5.74) is 4.61. The van der Waals surface area contributed by atoms with Gasteiger partial charge < -0.3 is 4.98 Å². The quantitative estimate of drug-likeness (QED) is 0.301. The minimum absolute atomic E-state index is 1.05. The molecule has 6 rings (SSSR count). The Hall–Kier alpha value is -2.91. The lowest BCUT2D eigenvalue weighted by Gasteiger charge is -2.13. The average molecular weight is 397 g/mol. The number of imidazole rings is 1. The molecular weight excluding hydrogens is 384 g/mol. The van der Waals surface area contributed by atoms with E-state index in [-0.39, 0.29) is 0 Å². The molecule has 6 aromatic rings. The molecule has 0 fully saturated rings. The van der Waals surface area contributed by atoms with Gasteiger partial charge in [-0.3, -0.25) is 0 Å². The molecule has 1 heterocycles. The lowest BCUT2D eigenvalue weighted by atomic mass is 9.91. The highest BCUT2D eigenvalue weighted by Crippen LogP contribution is 2.39. The number of fused-ring (bicyclic) bond motifs is 2. The Morgan fingerprint density at radius 3 is 2.15 bits per heavy atom. The zero-order valence-corrected chi connectivity index (χ0v) is 15.3. The zero-order chi connectivity index (χ0) is 17.3. The van der Waals surface area contributed by atoms with Gasteiger partial charge in [0.1, 0.15) is 0 Å². The first kappa shape index (κ1) is 14.3. The van der Waals surface area contributed by atoms with Crippen molar-refractivity contribution in [2.45, 2.75) is 0 Å². The molecule has 0 atom stereocenters. The molecule has 0 saturated heterocycles. The van der Waals surface area contributed by atoms with Crippen LogP contribution in [0.25, 0.3) is 54.5 Å². The summed E-state index contributed by atoms with van der Waals surface area (Å²) in [5, 5.41) is 7.65. The van der Waals surface area contributed by atoms with Crippen LogP contribution in [0.15, 0.2) is 77.5 Å². The van der Waals surface area contributed by atoms with Crippen LogP contribution in [0.4, 0.5) is 0 Å². The van der Waals surface area contributed by atoms with Crippen LogP contribution in [0.2, 0.25) is 0 Å². The third kappa shape index (κ3) is 1.89. The molecule has 0 unspecified atom stereocenters. The van der Waals surface area contributed by atoms with Crippen LogP contribution in [0.5, 0.6) is 0 Å². The van der Waals surface area contributed by atoms with E-state index in [1.54, 1.807) is 6.33 Å². The third-order valence-corrected chi connectivity index (χ3v) is 5.81. The molecule has 1 N–H and O–H groups in total. The summed E-state index contributed by atoms with van der Waals surface area (Å²) in [5.74, 6) is 0. The van der Waals surface area contributed by atoms with Crippen LogP contribution < -0.4 is 0 Å². The number of hydrogen-bond acceptors (Lipinski definition) is 1. The number of nitrogens with zero attached hydrogens (tertiary/aromatic N) is 1. The molecule has 2 nitrogen and oxygen atoms in total. The molecular formula is C23H13BrN2. The Balaban J connectivity index is 1.75. The SMILES string of the molecule is Brc1ccc(-c2cc3ccc4cc5[nH]cnc5c5ccc(c2)c3c45)cc1. The maximum Gasteiger partial charge on any atom is 0.0961 e. The summed E-state index contributed by atoms with van der Waals surface area (Å²) in [4.78, 5) is 7.78. The van der Waals surface area contributed by atoms with Crippen molar-refractivity contribution < 1.29 is 0 Å². The smallest absolute Gasteiger partial charge is 0.0961 e. The Morgan fingerprint density at radius 1 is 0.692 bits per heavy atom. The van der Waals surface area contributed by atoms with Crippen LogP contribution in [0.1, 0.15) is 0 Å². The Morgan fingerprint density at radius 2 is 1.38 bits per heavy atom. The maximum atomic E-state index is 4.54. The van der Waals surface area contributed by atoms with Gasteiger partial charge in [0.2, 0.25) is 0 Å². The molecule has 0 bridgehead atoms. The van der Waals surface area contributed by atoms with Gasteiger partial charge in [-0.2, -0.15) is 0 Å². The maximum absolute atomic E-state index is 4.54. The van der Waals surface area contributed by atoms with E-state index in [0.29, 0.717) is 0 Å². The molecule has 0 aliphatic heterocycles. The molecule has 122 valence electrons. The van der Waals surface area contributed by atoms with Gasteiger partial charge in [-0.1, -0.05) is 52.3 Å². The van der Waals surface area contributed by atoms with E-state index in [1.807, 2.05) is 0 Å². The van der Waals surface area contributed by atoms with Gasteiger partial charge in [0.15, 0.2) is 0 Å². The highest BCUT2D eigenvalue weighted by molar-refractivity contribution is 9.10. The number of benzene rings is 5. The summed E-state index contributed by atoms with van der Waals surface area (Å²) in [6, 6.07) is 24.2. The number of aromatic nitrogens is 2. The number of rotatable bonds is 1. The fourth-order valence-electron chi connectivity index (χ4n) is 4.10. The first-order chi connectivity index (χ1) is 12.8. The highest BCUT2D eigenvalue weighted by atomic mass is 79.9. The molecule has 0 saturated carbocycles. The van der Waals surface area contributed by atoms with Crippen LogP contribution in [-0.2, 0) is 0 Å². The largest absolute Gasteiger partial charge is 0.345 e. The molecule has 3 heteroatoms. The lowest BCUT2D eigenvalue weighted by molar-refractivity contribution is 1.35. The van der Waals surface area contributed by atoms with Gasteiger partial charge in [-0.05, 0) is 68.4 Å². The van der Waals surface area contributed by atoms with Gasteiger partial charge in [0.25, 0.3) is 0 Å². The first-order valence-electron chi connectivity index (χ1n) is 8.58. The summed E-state index contributed by atoms with van der Waals surface area (Å²) >= 11 is 3.52. The fraction of sp³-hybridized carbons (Fsp3) is 0. The number of nitrogens with one attached hydrogen (secondary N) is 1. The van der Waals surface area contributed by atoms with E-state index >= 15 is 0 Å². The predicted molar refractivity (Wildman–Crippen MR) is 113 cm³/mol. The second kappa shape index (κ2) is 5.05. The Kier molecular flexibility index (Phi) is 2.78. The molecule has 1 aromatic heterocycles. The third-order valence-electron chi connectivity index (χ3n) is 5.28. The van der Waals surface area contributed by atoms with Crippen molar-refractivity contribution in [1.82, 2.24) is 9.97 Å².